The summed E-state index contributed by atoms with van der Waals surface area (Å²) in [7, 11) is 0. The molecule has 0 N–H and O–H groups in total. The molecule has 0 radical (unpaired) electrons. The SMILES string of the molecule is CC(=O)CCCOc1ccc(OC(F)(F)F)cc1. The van der Waals surface area contributed by atoms with Crippen LogP contribution in [0.2, 0.25) is 0 Å². The number of hydrogen-bond donors (Lipinski definition) is 0. The molecular weight excluding hydrogens is 249 g/mol. The van der Waals surface area contributed by atoms with Crippen LogP contribution in [-0.4, -0.2) is 18.8 Å². The average molecular weight is 262 g/mol. The Morgan fingerprint density at radius 2 is 1.72 bits per heavy atom. The van der Waals surface area contributed by atoms with Gasteiger partial charge in [0.2, 0.25) is 0 Å². The number of carbonyl (C=O) groups excluding carboxylic acids is 1. The smallest absolute Gasteiger partial charge is 0.494 e. The fourth-order valence-electron chi connectivity index (χ4n) is 1.25. The number of benzene rings is 1. The van der Waals surface area contributed by atoms with Crippen molar-refractivity contribution in [1.29, 1.82) is 0 Å². The molecule has 0 aliphatic rings. The van der Waals surface area contributed by atoms with Crippen molar-refractivity contribution in [1.82, 2.24) is 0 Å². The van der Waals surface area contributed by atoms with E-state index in [1.54, 1.807) is 0 Å². The lowest BCUT2D eigenvalue weighted by atomic mass is 10.2. The van der Waals surface area contributed by atoms with Crippen LogP contribution in [0.3, 0.4) is 0 Å². The molecule has 1 aromatic rings. The highest BCUT2D eigenvalue weighted by Crippen LogP contribution is 2.24. The largest absolute Gasteiger partial charge is 0.573 e. The molecule has 0 unspecified atom stereocenters. The minimum Gasteiger partial charge on any atom is -0.494 e. The van der Waals surface area contributed by atoms with E-state index in [2.05, 4.69) is 4.74 Å². The zero-order valence-electron chi connectivity index (χ0n) is 9.79. The summed E-state index contributed by atoms with van der Waals surface area (Å²) in [5.74, 6) is 0.221. The Kier molecular flexibility index (Phi) is 5.00. The first-order valence-corrected chi connectivity index (χ1v) is 5.35. The van der Waals surface area contributed by atoms with E-state index < -0.39 is 6.36 Å². The first-order chi connectivity index (χ1) is 8.37. The molecule has 0 amide bonds. The van der Waals surface area contributed by atoms with E-state index in [1.165, 1.54) is 31.2 Å². The molecule has 0 aliphatic heterocycles. The Hall–Kier alpha value is -1.72. The first-order valence-electron chi connectivity index (χ1n) is 5.35. The van der Waals surface area contributed by atoms with E-state index in [4.69, 9.17) is 4.74 Å². The highest BCUT2D eigenvalue weighted by molar-refractivity contribution is 5.75. The molecule has 0 saturated carbocycles. The summed E-state index contributed by atoms with van der Waals surface area (Å²) in [6.07, 6.45) is -3.69. The number of alkyl halides is 3. The molecule has 1 aromatic carbocycles. The van der Waals surface area contributed by atoms with Gasteiger partial charge in [0, 0.05) is 6.42 Å². The second-order valence-electron chi connectivity index (χ2n) is 3.67. The molecule has 0 bridgehead atoms. The molecule has 1 rings (SSSR count). The van der Waals surface area contributed by atoms with Gasteiger partial charge in [-0.15, -0.1) is 13.2 Å². The number of ether oxygens (including phenoxy) is 2. The number of hydrogen-bond acceptors (Lipinski definition) is 3. The van der Waals surface area contributed by atoms with Crippen LogP contribution in [0.4, 0.5) is 13.2 Å². The van der Waals surface area contributed by atoms with Crippen LogP contribution in [0.25, 0.3) is 0 Å². The molecule has 0 heterocycles. The Balaban J connectivity index is 2.38. The lowest BCUT2D eigenvalue weighted by Gasteiger charge is -2.09. The maximum absolute atomic E-state index is 11.9. The van der Waals surface area contributed by atoms with Crippen LogP contribution in [0.5, 0.6) is 11.5 Å². The van der Waals surface area contributed by atoms with Crippen LogP contribution in [0, 0.1) is 0 Å². The molecule has 0 fully saturated rings. The number of carbonyl (C=O) groups is 1. The molecule has 18 heavy (non-hydrogen) atoms. The standard InChI is InChI=1S/C12H13F3O3/c1-9(16)3-2-8-17-10-4-6-11(7-5-10)18-12(13,14)15/h4-7H,2-3,8H2,1H3. The normalized spacial score (nSPS) is 11.1. The molecule has 6 heteroatoms. The molecule has 100 valence electrons. The van der Waals surface area contributed by atoms with Crippen LogP contribution in [0.15, 0.2) is 24.3 Å². The average Bonchev–Trinajstić information content (AvgIpc) is 2.24. The topological polar surface area (TPSA) is 35.5 Å². The number of Topliss-reactive ketones (excluding diaryl/α,β-unsaturated/α-hetero) is 1. The van der Waals surface area contributed by atoms with E-state index >= 15 is 0 Å². The van der Waals surface area contributed by atoms with Crippen LogP contribution in [0.1, 0.15) is 19.8 Å². The Labute approximate surface area is 103 Å². The second kappa shape index (κ2) is 6.28. The van der Waals surface area contributed by atoms with E-state index in [1.807, 2.05) is 0 Å². The fraction of sp³-hybridized carbons (Fsp3) is 0.417. The van der Waals surface area contributed by atoms with Crippen molar-refractivity contribution in [2.24, 2.45) is 0 Å². The summed E-state index contributed by atoms with van der Waals surface area (Å²) in [6, 6.07) is 5.12. The monoisotopic (exact) mass is 262 g/mol. The minimum atomic E-state index is -4.69. The number of ketones is 1. The molecular formula is C12H13F3O3. The van der Waals surface area contributed by atoms with Crippen molar-refractivity contribution in [2.45, 2.75) is 26.1 Å². The lowest BCUT2D eigenvalue weighted by molar-refractivity contribution is -0.274. The van der Waals surface area contributed by atoms with E-state index in [0.29, 0.717) is 25.2 Å². The maximum Gasteiger partial charge on any atom is 0.573 e. The van der Waals surface area contributed by atoms with Gasteiger partial charge in [-0.25, -0.2) is 0 Å². The highest BCUT2D eigenvalue weighted by atomic mass is 19.4. The van der Waals surface area contributed by atoms with E-state index in [0.717, 1.165) is 0 Å². The van der Waals surface area contributed by atoms with Crippen molar-refractivity contribution in [2.75, 3.05) is 6.61 Å². The molecule has 0 atom stereocenters. The first kappa shape index (κ1) is 14.3. The number of halogens is 3. The van der Waals surface area contributed by atoms with Gasteiger partial charge in [0.25, 0.3) is 0 Å². The molecule has 0 aliphatic carbocycles. The Morgan fingerprint density at radius 1 is 1.17 bits per heavy atom. The van der Waals surface area contributed by atoms with Gasteiger partial charge < -0.3 is 14.3 Å². The van der Waals surface area contributed by atoms with Gasteiger partial charge in [-0.3, -0.25) is 0 Å². The third kappa shape index (κ3) is 6.12. The van der Waals surface area contributed by atoms with Crippen molar-refractivity contribution >= 4 is 5.78 Å². The third-order valence-corrected chi connectivity index (χ3v) is 2.00. The van der Waals surface area contributed by atoms with Crippen LogP contribution in [-0.2, 0) is 4.79 Å². The van der Waals surface area contributed by atoms with E-state index in [9.17, 15) is 18.0 Å². The maximum atomic E-state index is 11.9. The van der Waals surface area contributed by atoms with Gasteiger partial charge in [0.15, 0.2) is 0 Å². The summed E-state index contributed by atoms with van der Waals surface area (Å²) in [5.41, 5.74) is 0. The third-order valence-electron chi connectivity index (χ3n) is 2.00. The Bertz CT molecular complexity index is 385. The second-order valence-corrected chi connectivity index (χ2v) is 3.67. The van der Waals surface area contributed by atoms with Crippen molar-refractivity contribution in [3.8, 4) is 11.5 Å². The zero-order valence-corrected chi connectivity index (χ0v) is 9.79. The van der Waals surface area contributed by atoms with Gasteiger partial charge in [-0.1, -0.05) is 0 Å². The highest BCUT2D eigenvalue weighted by Gasteiger charge is 2.30. The molecule has 0 aromatic heterocycles. The van der Waals surface area contributed by atoms with E-state index in [-0.39, 0.29) is 11.5 Å². The summed E-state index contributed by atoms with van der Waals surface area (Å²) in [4.78, 5) is 10.7. The summed E-state index contributed by atoms with van der Waals surface area (Å²) >= 11 is 0. The minimum absolute atomic E-state index is 0.0764. The van der Waals surface area contributed by atoms with Crippen molar-refractivity contribution in [3.63, 3.8) is 0 Å². The van der Waals surface area contributed by atoms with Gasteiger partial charge in [-0.05, 0) is 37.6 Å². The molecule has 3 nitrogen and oxygen atoms in total. The fourth-order valence-corrected chi connectivity index (χ4v) is 1.25. The zero-order chi connectivity index (χ0) is 13.6. The summed E-state index contributed by atoms with van der Waals surface area (Å²) in [5, 5.41) is 0. The summed E-state index contributed by atoms with van der Waals surface area (Å²) in [6.45, 7) is 1.84. The van der Waals surface area contributed by atoms with Crippen molar-refractivity contribution < 1.29 is 27.4 Å². The lowest BCUT2D eigenvalue weighted by Crippen LogP contribution is -2.16. The van der Waals surface area contributed by atoms with Crippen molar-refractivity contribution in [3.05, 3.63) is 24.3 Å². The quantitative estimate of drug-likeness (QED) is 0.738. The van der Waals surface area contributed by atoms with Gasteiger partial charge >= 0.3 is 6.36 Å². The van der Waals surface area contributed by atoms with Gasteiger partial charge in [0.05, 0.1) is 6.61 Å². The van der Waals surface area contributed by atoms with Crippen LogP contribution < -0.4 is 9.47 Å². The van der Waals surface area contributed by atoms with Gasteiger partial charge in [-0.2, -0.15) is 0 Å². The Morgan fingerprint density at radius 3 is 2.22 bits per heavy atom. The van der Waals surface area contributed by atoms with Gasteiger partial charge in [0.1, 0.15) is 17.3 Å². The predicted octanol–water partition coefficient (Wildman–Crippen LogP) is 3.33. The molecule has 0 saturated heterocycles. The predicted molar refractivity (Wildman–Crippen MR) is 58.5 cm³/mol. The van der Waals surface area contributed by atoms with Crippen LogP contribution >= 0.6 is 0 Å². The summed E-state index contributed by atoms with van der Waals surface area (Å²) < 4.78 is 44.6. The molecule has 0 spiro atoms. The number of rotatable bonds is 6.